The first kappa shape index (κ1) is 12.9. The van der Waals surface area contributed by atoms with Gasteiger partial charge >= 0.3 is 5.97 Å². The molecule has 0 aliphatic carbocycles. The summed E-state index contributed by atoms with van der Waals surface area (Å²) in [5.74, 6) is -0.938. The van der Waals surface area contributed by atoms with E-state index in [9.17, 15) is 4.79 Å². The smallest absolute Gasteiger partial charge is 0.331 e. The van der Waals surface area contributed by atoms with E-state index < -0.39 is 5.97 Å². The fourth-order valence-corrected chi connectivity index (χ4v) is 1.59. The summed E-state index contributed by atoms with van der Waals surface area (Å²) in [4.78, 5) is 10.5. The van der Waals surface area contributed by atoms with Crippen molar-refractivity contribution in [1.29, 1.82) is 0 Å². The predicted molar refractivity (Wildman–Crippen MR) is 66.3 cm³/mol. The zero-order valence-electron chi connectivity index (χ0n) is 8.63. The van der Waals surface area contributed by atoms with E-state index in [4.69, 9.17) is 28.3 Å². The highest BCUT2D eigenvalue weighted by Crippen LogP contribution is 2.29. The number of hydrogen-bond acceptors (Lipinski definition) is 2. The van der Waals surface area contributed by atoms with Gasteiger partial charge in [0.15, 0.2) is 0 Å². The number of para-hydroxylation sites is 1. The summed E-state index contributed by atoms with van der Waals surface area (Å²) in [6, 6.07) is 5.17. The van der Waals surface area contributed by atoms with Gasteiger partial charge in [-0.1, -0.05) is 35.3 Å². The lowest BCUT2D eigenvalue weighted by Crippen LogP contribution is -2.03. The van der Waals surface area contributed by atoms with Crippen molar-refractivity contribution in [3.05, 3.63) is 39.9 Å². The average Bonchev–Trinajstić information content (AvgIpc) is 2.22. The molecule has 0 unspecified atom stereocenters. The third kappa shape index (κ3) is 3.43. The molecule has 16 heavy (non-hydrogen) atoms. The number of rotatable bonds is 4. The Hall–Kier alpha value is -1.19. The highest BCUT2D eigenvalue weighted by atomic mass is 35.5. The normalized spacial score (nSPS) is 11.3. The molecule has 0 heterocycles. The fraction of sp³-hybridized carbons (Fsp3) is 0.182. The first-order valence-electron chi connectivity index (χ1n) is 4.60. The lowest BCUT2D eigenvalue weighted by molar-refractivity contribution is -0.132. The summed E-state index contributed by atoms with van der Waals surface area (Å²) in [6.07, 6.45) is 1.56. The summed E-state index contributed by atoms with van der Waals surface area (Å²) in [5, 5.41) is 12.6. The van der Waals surface area contributed by atoms with Crippen molar-refractivity contribution in [2.45, 2.75) is 6.92 Å². The molecule has 0 saturated carbocycles. The van der Waals surface area contributed by atoms with E-state index in [-0.39, 0.29) is 5.57 Å². The Morgan fingerprint density at radius 2 is 2.00 bits per heavy atom. The number of carbonyl (C=O) groups is 1. The van der Waals surface area contributed by atoms with Crippen LogP contribution in [0.15, 0.2) is 29.8 Å². The topological polar surface area (TPSA) is 49.3 Å². The molecular weight excluding hydrogens is 249 g/mol. The van der Waals surface area contributed by atoms with Crippen molar-refractivity contribution in [3.8, 4) is 0 Å². The van der Waals surface area contributed by atoms with Crippen LogP contribution in [0.5, 0.6) is 0 Å². The summed E-state index contributed by atoms with van der Waals surface area (Å²) < 4.78 is 0. The van der Waals surface area contributed by atoms with Crippen molar-refractivity contribution in [2.75, 3.05) is 11.9 Å². The number of hydrogen-bond donors (Lipinski definition) is 2. The van der Waals surface area contributed by atoms with Crippen LogP contribution in [0.2, 0.25) is 10.0 Å². The van der Waals surface area contributed by atoms with Crippen LogP contribution in [0, 0.1) is 0 Å². The Morgan fingerprint density at radius 1 is 1.44 bits per heavy atom. The maximum absolute atomic E-state index is 10.5. The molecule has 1 aromatic carbocycles. The van der Waals surface area contributed by atoms with E-state index in [0.29, 0.717) is 22.3 Å². The SMILES string of the molecule is C/C(=C/CNc1c(Cl)cccc1Cl)C(=O)O. The molecular formula is C11H11Cl2NO2. The molecule has 0 aliphatic rings. The third-order valence-corrected chi connectivity index (χ3v) is 2.62. The van der Waals surface area contributed by atoms with Gasteiger partial charge < -0.3 is 10.4 Å². The van der Waals surface area contributed by atoms with Crippen LogP contribution in [0.4, 0.5) is 5.69 Å². The quantitative estimate of drug-likeness (QED) is 0.815. The molecule has 0 aliphatic heterocycles. The van der Waals surface area contributed by atoms with Crippen molar-refractivity contribution in [1.82, 2.24) is 0 Å². The zero-order chi connectivity index (χ0) is 12.1. The standard InChI is InChI=1S/C11H11Cl2NO2/c1-7(11(15)16)5-6-14-10-8(12)3-2-4-9(10)13/h2-5,14H,6H2,1H3,(H,15,16)/b7-5-. The fourth-order valence-electron chi connectivity index (χ4n) is 1.06. The van der Waals surface area contributed by atoms with Crippen LogP contribution in [0.25, 0.3) is 0 Å². The summed E-state index contributed by atoms with van der Waals surface area (Å²) in [5.41, 5.74) is 0.885. The third-order valence-electron chi connectivity index (χ3n) is 1.99. The van der Waals surface area contributed by atoms with E-state index in [0.717, 1.165) is 0 Å². The highest BCUT2D eigenvalue weighted by molar-refractivity contribution is 6.39. The van der Waals surface area contributed by atoms with Crippen molar-refractivity contribution in [2.24, 2.45) is 0 Å². The monoisotopic (exact) mass is 259 g/mol. The minimum Gasteiger partial charge on any atom is -0.478 e. The van der Waals surface area contributed by atoms with Crippen LogP contribution in [0.1, 0.15) is 6.92 Å². The van der Waals surface area contributed by atoms with Gasteiger partial charge in [-0.2, -0.15) is 0 Å². The Balaban J connectivity index is 2.69. The Kier molecular flexibility index (Phi) is 4.65. The molecule has 3 nitrogen and oxygen atoms in total. The maximum Gasteiger partial charge on any atom is 0.331 e. The zero-order valence-corrected chi connectivity index (χ0v) is 10.1. The Morgan fingerprint density at radius 3 is 2.50 bits per heavy atom. The molecule has 0 atom stereocenters. The van der Waals surface area contributed by atoms with Crippen LogP contribution in [0.3, 0.4) is 0 Å². The molecule has 0 fully saturated rings. The molecule has 2 N–H and O–H groups in total. The molecule has 1 rings (SSSR count). The molecule has 0 saturated heterocycles. The molecule has 0 amide bonds. The molecule has 0 radical (unpaired) electrons. The lowest BCUT2D eigenvalue weighted by atomic mass is 10.2. The van der Waals surface area contributed by atoms with Crippen LogP contribution in [-0.4, -0.2) is 17.6 Å². The van der Waals surface area contributed by atoms with Gasteiger partial charge in [0, 0.05) is 12.1 Å². The molecule has 0 spiro atoms. The van der Waals surface area contributed by atoms with Gasteiger partial charge in [-0.25, -0.2) is 4.79 Å². The molecule has 5 heteroatoms. The Bertz CT molecular complexity index is 410. The second-order valence-electron chi connectivity index (χ2n) is 3.17. The number of benzene rings is 1. The van der Waals surface area contributed by atoms with E-state index in [1.807, 2.05) is 0 Å². The second-order valence-corrected chi connectivity index (χ2v) is 3.98. The van der Waals surface area contributed by atoms with E-state index in [1.165, 1.54) is 6.92 Å². The first-order valence-corrected chi connectivity index (χ1v) is 5.36. The van der Waals surface area contributed by atoms with Crippen molar-refractivity contribution in [3.63, 3.8) is 0 Å². The largest absolute Gasteiger partial charge is 0.478 e. The molecule has 86 valence electrons. The van der Waals surface area contributed by atoms with Gasteiger partial charge in [0.05, 0.1) is 15.7 Å². The van der Waals surface area contributed by atoms with Crippen molar-refractivity contribution >= 4 is 34.9 Å². The number of carboxylic acid groups (broad SMARTS) is 1. The van der Waals surface area contributed by atoms with Crippen molar-refractivity contribution < 1.29 is 9.90 Å². The molecule has 0 aromatic heterocycles. The highest BCUT2D eigenvalue weighted by Gasteiger charge is 2.04. The van der Waals surface area contributed by atoms with Gasteiger partial charge in [0.1, 0.15) is 0 Å². The predicted octanol–water partition coefficient (Wildman–Crippen LogP) is 3.44. The number of anilines is 1. The van der Waals surface area contributed by atoms with Gasteiger partial charge in [-0.15, -0.1) is 0 Å². The minimum atomic E-state index is -0.938. The van der Waals surface area contributed by atoms with Gasteiger partial charge in [0.25, 0.3) is 0 Å². The lowest BCUT2D eigenvalue weighted by Gasteiger charge is -2.08. The summed E-state index contributed by atoms with van der Waals surface area (Å²) >= 11 is 11.8. The first-order chi connectivity index (χ1) is 7.52. The Labute approximate surface area is 104 Å². The molecule has 1 aromatic rings. The second kappa shape index (κ2) is 5.77. The number of carboxylic acids is 1. The number of nitrogens with one attached hydrogen (secondary N) is 1. The van der Waals surface area contributed by atoms with Gasteiger partial charge in [-0.3, -0.25) is 0 Å². The van der Waals surface area contributed by atoms with Crippen LogP contribution < -0.4 is 5.32 Å². The number of halogens is 2. The van der Waals surface area contributed by atoms with Crippen LogP contribution >= 0.6 is 23.2 Å². The van der Waals surface area contributed by atoms with Crippen LogP contribution in [-0.2, 0) is 4.79 Å². The van der Waals surface area contributed by atoms with Gasteiger partial charge in [0.2, 0.25) is 0 Å². The summed E-state index contributed by atoms with van der Waals surface area (Å²) in [6.45, 7) is 1.89. The average molecular weight is 260 g/mol. The van der Waals surface area contributed by atoms with E-state index in [2.05, 4.69) is 5.32 Å². The van der Waals surface area contributed by atoms with Gasteiger partial charge in [-0.05, 0) is 19.1 Å². The van der Waals surface area contributed by atoms with E-state index in [1.54, 1.807) is 24.3 Å². The number of aliphatic carboxylic acids is 1. The summed E-state index contributed by atoms with van der Waals surface area (Å²) in [7, 11) is 0. The molecule has 0 bridgehead atoms. The maximum atomic E-state index is 10.5. The van der Waals surface area contributed by atoms with E-state index >= 15 is 0 Å². The minimum absolute atomic E-state index is 0.274.